The van der Waals surface area contributed by atoms with Gasteiger partial charge in [0, 0.05) is 50.9 Å². The van der Waals surface area contributed by atoms with Crippen molar-refractivity contribution in [1.29, 1.82) is 0 Å². The van der Waals surface area contributed by atoms with E-state index in [-0.39, 0.29) is 23.8 Å². The van der Waals surface area contributed by atoms with Gasteiger partial charge in [-0.1, -0.05) is 0 Å². The quantitative estimate of drug-likeness (QED) is 0.700. The molecule has 0 aliphatic carbocycles. The molecule has 8 heteroatoms. The van der Waals surface area contributed by atoms with Crippen molar-refractivity contribution in [3.63, 3.8) is 0 Å². The molecule has 2 saturated heterocycles. The molecule has 2 fully saturated rings. The molecule has 176 valence electrons. The van der Waals surface area contributed by atoms with E-state index in [0.717, 1.165) is 42.9 Å². The molecule has 2 aliphatic heterocycles. The molecule has 2 aliphatic rings. The summed E-state index contributed by atoms with van der Waals surface area (Å²) in [7, 11) is 0. The minimum absolute atomic E-state index is 0.0215. The lowest BCUT2D eigenvalue weighted by Gasteiger charge is -2.35. The molecular formula is C25H32N4O4. The van der Waals surface area contributed by atoms with Crippen molar-refractivity contribution in [3.05, 3.63) is 48.8 Å². The summed E-state index contributed by atoms with van der Waals surface area (Å²) in [6, 6.07) is 11.4. The number of carbonyl (C=O) groups is 2. The lowest BCUT2D eigenvalue weighted by atomic mass is 10.0. The number of ether oxygens (including phenoxy) is 1. The van der Waals surface area contributed by atoms with Crippen LogP contribution in [-0.2, 0) is 9.59 Å². The van der Waals surface area contributed by atoms with E-state index in [2.05, 4.69) is 15.2 Å². The number of hydrogen-bond acceptors (Lipinski definition) is 6. The molecule has 1 aromatic heterocycles. The van der Waals surface area contributed by atoms with Crippen LogP contribution in [0.1, 0.15) is 33.1 Å². The van der Waals surface area contributed by atoms with E-state index >= 15 is 0 Å². The van der Waals surface area contributed by atoms with Gasteiger partial charge >= 0.3 is 0 Å². The standard InChI is InChI=1S/C25H32N4O4/c1-25(2,32)24(31)28-14-10-22(11-15-28)33-21-7-5-19(6-8-21)27-23(30)18-9-13-29(17-18)20-4-3-12-26-16-20/h3-8,12,16,18,22,32H,9-11,13-15,17H2,1-2H3,(H,27,30). The van der Waals surface area contributed by atoms with Crippen molar-refractivity contribution < 1.29 is 19.4 Å². The molecule has 2 aromatic rings. The Morgan fingerprint density at radius 3 is 2.45 bits per heavy atom. The van der Waals surface area contributed by atoms with E-state index in [0.29, 0.717) is 19.6 Å². The Morgan fingerprint density at radius 2 is 1.82 bits per heavy atom. The summed E-state index contributed by atoms with van der Waals surface area (Å²) < 4.78 is 6.07. The van der Waals surface area contributed by atoms with E-state index in [1.165, 1.54) is 13.8 Å². The Labute approximate surface area is 194 Å². The topological polar surface area (TPSA) is 95.0 Å². The summed E-state index contributed by atoms with van der Waals surface area (Å²) in [5.74, 6) is 0.465. The molecule has 2 amide bonds. The van der Waals surface area contributed by atoms with Gasteiger partial charge in [0.25, 0.3) is 5.91 Å². The van der Waals surface area contributed by atoms with Gasteiger partial charge in [-0.05, 0) is 56.7 Å². The van der Waals surface area contributed by atoms with Crippen LogP contribution >= 0.6 is 0 Å². The first-order chi connectivity index (χ1) is 15.8. The first-order valence-electron chi connectivity index (χ1n) is 11.5. The number of rotatable bonds is 6. The van der Waals surface area contributed by atoms with Crippen LogP contribution in [0, 0.1) is 5.92 Å². The number of anilines is 2. The maximum atomic E-state index is 12.7. The Hall–Kier alpha value is -3.13. The van der Waals surface area contributed by atoms with Crippen LogP contribution in [0.4, 0.5) is 11.4 Å². The number of nitrogens with one attached hydrogen (secondary N) is 1. The number of aromatic nitrogens is 1. The summed E-state index contributed by atoms with van der Waals surface area (Å²) in [5.41, 5.74) is 0.450. The number of benzene rings is 1. The molecule has 8 nitrogen and oxygen atoms in total. The first kappa shape index (κ1) is 23.0. The van der Waals surface area contributed by atoms with E-state index in [9.17, 15) is 14.7 Å². The van der Waals surface area contributed by atoms with Gasteiger partial charge in [-0.3, -0.25) is 14.6 Å². The third-order valence-electron chi connectivity index (χ3n) is 6.25. The molecule has 3 heterocycles. The third kappa shape index (κ3) is 5.82. The smallest absolute Gasteiger partial charge is 0.253 e. The predicted molar refractivity (Wildman–Crippen MR) is 126 cm³/mol. The summed E-state index contributed by atoms with van der Waals surface area (Å²) in [6.07, 6.45) is 5.85. The van der Waals surface area contributed by atoms with Gasteiger partial charge in [0.1, 0.15) is 17.5 Å². The van der Waals surface area contributed by atoms with Crippen molar-refractivity contribution in [2.75, 3.05) is 36.4 Å². The zero-order valence-electron chi connectivity index (χ0n) is 19.2. The molecule has 2 N–H and O–H groups in total. The summed E-state index contributed by atoms with van der Waals surface area (Å²) in [6.45, 7) is 5.70. The number of hydrogen-bond donors (Lipinski definition) is 2. The van der Waals surface area contributed by atoms with Crippen LogP contribution in [-0.4, -0.2) is 64.7 Å². The molecule has 1 unspecified atom stereocenters. The number of aliphatic hydroxyl groups is 1. The second-order valence-corrected chi connectivity index (χ2v) is 9.32. The number of piperidine rings is 1. The van der Waals surface area contributed by atoms with Gasteiger partial charge in [-0.15, -0.1) is 0 Å². The fourth-order valence-corrected chi connectivity index (χ4v) is 4.37. The van der Waals surface area contributed by atoms with Crippen LogP contribution in [0.5, 0.6) is 5.75 Å². The minimum atomic E-state index is -1.34. The molecule has 0 spiro atoms. The van der Waals surface area contributed by atoms with E-state index in [1.54, 1.807) is 11.1 Å². The first-order valence-corrected chi connectivity index (χ1v) is 11.5. The maximum Gasteiger partial charge on any atom is 0.253 e. The summed E-state index contributed by atoms with van der Waals surface area (Å²) in [5, 5.41) is 12.9. The molecule has 4 rings (SSSR count). The maximum absolute atomic E-state index is 12.7. The SMILES string of the molecule is CC(C)(O)C(=O)N1CCC(Oc2ccc(NC(=O)C3CCN(c4cccnc4)C3)cc2)CC1. The summed E-state index contributed by atoms with van der Waals surface area (Å²) >= 11 is 0. The van der Waals surface area contributed by atoms with Crippen LogP contribution in [0.15, 0.2) is 48.8 Å². The zero-order valence-corrected chi connectivity index (χ0v) is 19.2. The third-order valence-corrected chi connectivity index (χ3v) is 6.25. The number of pyridine rings is 1. The minimum Gasteiger partial charge on any atom is -0.490 e. The largest absolute Gasteiger partial charge is 0.490 e. The fraction of sp³-hybridized carbons (Fsp3) is 0.480. The molecule has 0 radical (unpaired) electrons. The zero-order chi connectivity index (χ0) is 23.4. The average Bonchev–Trinajstić information content (AvgIpc) is 3.31. The predicted octanol–water partition coefficient (Wildman–Crippen LogP) is 2.69. The monoisotopic (exact) mass is 452 g/mol. The molecular weight excluding hydrogens is 420 g/mol. The van der Waals surface area contributed by atoms with E-state index < -0.39 is 5.60 Å². The number of likely N-dealkylation sites (tertiary alicyclic amines) is 1. The molecule has 0 saturated carbocycles. The van der Waals surface area contributed by atoms with Crippen LogP contribution in [0.2, 0.25) is 0 Å². The second-order valence-electron chi connectivity index (χ2n) is 9.32. The highest BCUT2D eigenvalue weighted by Crippen LogP contribution is 2.26. The second kappa shape index (κ2) is 9.79. The van der Waals surface area contributed by atoms with E-state index in [1.807, 2.05) is 42.6 Å². The van der Waals surface area contributed by atoms with Gasteiger partial charge in [-0.25, -0.2) is 0 Å². The summed E-state index contributed by atoms with van der Waals surface area (Å²) in [4.78, 5) is 32.9. The van der Waals surface area contributed by atoms with Gasteiger partial charge in [0.2, 0.25) is 5.91 Å². The highest BCUT2D eigenvalue weighted by molar-refractivity contribution is 5.93. The van der Waals surface area contributed by atoms with Crippen molar-refractivity contribution in [2.24, 2.45) is 5.92 Å². The number of amides is 2. The Balaban J connectivity index is 1.24. The van der Waals surface area contributed by atoms with E-state index in [4.69, 9.17) is 4.74 Å². The Bertz CT molecular complexity index is 951. The molecule has 0 bridgehead atoms. The molecule has 1 atom stereocenters. The Morgan fingerprint density at radius 1 is 1.09 bits per heavy atom. The normalized spacial score (nSPS) is 19.4. The van der Waals surface area contributed by atoms with Crippen LogP contribution in [0.25, 0.3) is 0 Å². The lowest BCUT2D eigenvalue weighted by Crippen LogP contribution is -2.49. The van der Waals surface area contributed by atoms with Crippen LogP contribution in [0.3, 0.4) is 0 Å². The van der Waals surface area contributed by atoms with Crippen LogP contribution < -0.4 is 15.0 Å². The fourth-order valence-electron chi connectivity index (χ4n) is 4.37. The highest BCUT2D eigenvalue weighted by Gasteiger charge is 2.32. The number of carbonyl (C=O) groups excluding carboxylic acids is 2. The molecule has 1 aromatic carbocycles. The Kier molecular flexibility index (Phi) is 6.83. The highest BCUT2D eigenvalue weighted by atomic mass is 16.5. The number of nitrogens with zero attached hydrogens (tertiary/aromatic N) is 3. The van der Waals surface area contributed by atoms with Crippen molar-refractivity contribution >= 4 is 23.2 Å². The van der Waals surface area contributed by atoms with Gasteiger partial charge < -0.3 is 25.0 Å². The van der Waals surface area contributed by atoms with Crippen molar-refractivity contribution in [3.8, 4) is 5.75 Å². The average molecular weight is 453 g/mol. The van der Waals surface area contributed by atoms with Crippen molar-refractivity contribution in [2.45, 2.75) is 44.8 Å². The van der Waals surface area contributed by atoms with Crippen molar-refractivity contribution in [1.82, 2.24) is 9.88 Å². The van der Waals surface area contributed by atoms with Gasteiger partial charge in [0.15, 0.2) is 0 Å². The van der Waals surface area contributed by atoms with Gasteiger partial charge in [0.05, 0.1) is 17.8 Å². The molecule has 33 heavy (non-hydrogen) atoms. The van der Waals surface area contributed by atoms with Gasteiger partial charge in [-0.2, -0.15) is 0 Å². The lowest BCUT2D eigenvalue weighted by molar-refractivity contribution is -0.149.